The highest BCUT2D eigenvalue weighted by molar-refractivity contribution is 5.95. The molecule has 0 unspecified atom stereocenters. The average molecular weight is 291 g/mol. The lowest BCUT2D eigenvalue weighted by molar-refractivity contribution is -0.143. The monoisotopic (exact) mass is 291 g/mol. The Morgan fingerprint density at radius 3 is 2.71 bits per heavy atom. The zero-order valence-electron chi connectivity index (χ0n) is 11.6. The Bertz CT molecular complexity index is 571. The zero-order valence-corrected chi connectivity index (χ0v) is 11.6. The standard InChI is InChI=1S/C15H17NO5/c17-14(16-5-1-2-11(9-16)15(18)19)10-3-4-12-13(8-10)21-7-6-20-12/h3-4,8,11H,1-2,5-7,9H2,(H,18,19)/t11-/m1/s1. The Morgan fingerprint density at radius 2 is 1.95 bits per heavy atom. The third-order valence-electron chi connectivity index (χ3n) is 3.85. The van der Waals surface area contributed by atoms with E-state index in [9.17, 15) is 9.59 Å². The van der Waals surface area contributed by atoms with Crippen LogP contribution in [0.15, 0.2) is 18.2 Å². The molecule has 1 saturated heterocycles. The first-order valence-corrected chi connectivity index (χ1v) is 7.07. The van der Waals surface area contributed by atoms with Crippen molar-refractivity contribution < 1.29 is 24.2 Å². The van der Waals surface area contributed by atoms with Gasteiger partial charge in [-0.05, 0) is 31.0 Å². The van der Waals surface area contributed by atoms with Crippen LogP contribution in [0.3, 0.4) is 0 Å². The molecule has 0 bridgehead atoms. The van der Waals surface area contributed by atoms with E-state index >= 15 is 0 Å². The summed E-state index contributed by atoms with van der Waals surface area (Å²) in [5, 5.41) is 9.09. The van der Waals surface area contributed by atoms with Gasteiger partial charge >= 0.3 is 5.97 Å². The smallest absolute Gasteiger partial charge is 0.308 e. The van der Waals surface area contributed by atoms with Crippen molar-refractivity contribution in [3.63, 3.8) is 0 Å². The number of carboxylic acid groups (broad SMARTS) is 1. The Hall–Kier alpha value is -2.24. The predicted octanol–water partition coefficient (Wildman–Crippen LogP) is 1.39. The summed E-state index contributed by atoms with van der Waals surface area (Å²) >= 11 is 0. The van der Waals surface area contributed by atoms with Gasteiger partial charge in [0.05, 0.1) is 5.92 Å². The van der Waals surface area contributed by atoms with E-state index in [4.69, 9.17) is 14.6 Å². The fourth-order valence-corrected chi connectivity index (χ4v) is 2.72. The molecule has 3 rings (SSSR count). The van der Waals surface area contributed by atoms with Crippen LogP contribution in [0.4, 0.5) is 0 Å². The van der Waals surface area contributed by atoms with Crippen LogP contribution in [0.5, 0.6) is 11.5 Å². The minimum absolute atomic E-state index is 0.155. The van der Waals surface area contributed by atoms with Gasteiger partial charge < -0.3 is 19.5 Å². The maximum atomic E-state index is 12.5. The number of benzene rings is 1. The molecule has 21 heavy (non-hydrogen) atoms. The van der Waals surface area contributed by atoms with E-state index in [-0.39, 0.29) is 12.5 Å². The molecule has 1 N–H and O–H groups in total. The van der Waals surface area contributed by atoms with Crippen molar-refractivity contribution in [2.24, 2.45) is 5.92 Å². The average Bonchev–Trinajstić information content (AvgIpc) is 2.53. The van der Waals surface area contributed by atoms with Crippen LogP contribution >= 0.6 is 0 Å². The van der Waals surface area contributed by atoms with Gasteiger partial charge in [-0.1, -0.05) is 0 Å². The molecule has 0 saturated carbocycles. The van der Waals surface area contributed by atoms with E-state index < -0.39 is 11.9 Å². The van der Waals surface area contributed by atoms with Crippen molar-refractivity contribution in [1.29, 1.82) is 0 Å². The molecule has 6 heteroatoms. The van der Waals surface area contributed by atoms with Crippen LogP contribution in [-0.2, 0) is 4.79 Å². The normalized spacial score (nSPS) is 21.0. The molecule has 0 radical (unpaired) electrons. The quantitative estimate of drug-likeness (QED) is 0.891. The van der Waals surface area contributed by atoms with E-state index in [1.807, 2.05) is 0 Å². The molecular formula is C15H17NO5. The van der Waals surface area contributed by atoms with Gasteiger partial charge in [-0.3, -0.25) is 9.59 Å². The van der Waals surface area contributed by atoms with Gasteiger partial charge in [-0.2, -0.15) is 0 Å². The third-order valence-corrected chi connectivity index (χ3v) is 3.85. The number of nitrogens with zero attached hydrogens (tertiary/aromatic N) is 1. The summed E-state index contributed by atoms with van der Waals surface area (Å²) in [6.45, 7) is 1.84. The molecule has 1 atom stereocenters. The fourth-order valence-electron chi connectivity index (χ4n) is 2.72. The topological polar surface area (TPSA) is 76.1 Å². The van der Waals surface area contributed by atoms with E-state index in [1.165, 1.54) is 0 Å². The number of hydrogen-bond acceptors (Lipinski definition) is 4. The zero-order chi connectivity index (χ0) is 14.8. The van der Waals surface area contributed by atoms with Gasteiger partial charge in [-0.25, -0.2) is 0 Å². The van der Waals surface area contributed by atoms with Crippen LogP contribution in [0, 0.1) is 5.92 Å². The number of hydrogen-bond donors (Lipinski definition) is 1. The first-order chi connectivity index (χ1) is 10.1. The lowest BCUT2D eigenvalue weighted by atomic mass is 9.97. The number of likely N-dealkylation sites (tertiary alicyclic amines) is 1. The number of rotatable bonds is 2. The minimum atomic E-state index is -0.838. The number of carbonyl (C=O) groups is 2. The summed E-state index contributed by atoms with van der Waals surface area (Å²) in [5.74, 6) is -0.258. The lowest BCUT2D eigenvalue weighted by Crippen LogP contribution is -2.42. The highest BCUT2D eigenvalue weighted by Gasteiger charge is 2.29. The molecule has 1 aromatic rings. The largest absolute Gasteiger partial charge is 0.486 e. The van der Waals surface area contributed by atoms with Crippen LogP contribution in [0.2, 0.25) is 0 Å². The lowest BCUT2D eigenvalue weighted by Gasteiger charge is -2.31. The number of carboxylic acids is 1. The summed E-state index contributed by atoms with van der Waals surface area (Å²) in [4.78, 5) is 25.2. The van der Waals surface area contributed by atoms with Crippen LogP contribution in [0.25, 0.3) is 0 Å². The maximum Gasteiger partial charge on any atom is 0.308 e. The van der Waals surface area contributed by atoms with Gasteiger partial charge in [0.15, 0.2) is 11.5 Å². The van der Waals surface area contributed by atoms with Crippen molar-refractivity contribution in [3.05, 3.63) is 23.8 Å². The maximum absolute atomic E-state index is 12.5. The van der Waals surface area contributed by atoms with Crippen molar-refractivity contribution in [1.82, 2.24) is 4.90 Å². The second-order valence-corrected chi connectivity index (χ2v) is 5.29. The van der Waals surface area contributed by atoms with Crippen LogP contribution in [-0.4, -0.2) is 48.2 Å². The Balaban J connectivity index is 1.77. The van der Waals surface area contributed by atoms with Gasteiger partial charge in [-0.15, -0.1) is 0 Å². The van der Waals surface area contributed by atoms with Crippen LogP contribution in [0.1, 0.15) is 23.2 Å². The summed E-state index contributed by atoms with van der Waals surface area (Å²) in [5.41, 5.74) is 0.505. The summed E-state index contributed by atoms with van der Waals surface area (Å²) in [6.07, 6.45) is 1.34. The molecule has 0 aliphatic carbocycles. The predicted molar refractivity (Wildman–Crippen MR) is 73.7 cm³/mol. The van der Waals surface area contributed by atoms with E-state index in [0.29, 0.717) is 49.7 Å². The summed E-state index contributed by atoms with van der Waals surface area (Å²) in [6, 6.07) is 5.09. The van der Waals surface area contributed by atoms with E-state index in [2.05, 4.69) is 0 Å². The second kappa shape index (κ2) is 5.63. The second-order valence-electron chi connectivity index (χ2n) is 5.29. The highest BCUT2D eigenvalue weighted by atomic mass is 16.6. The SMILES string of the molecule is O=C(O)[C@@H]1CCCN(C(=O)c2ccc3c(c2)OCCO3)C1. The number of amides is 1. The van der Waals surface area contributed by atoms with Crippen molar-refractivity contribution in [2.75, 3.05) is 26.3 Å². The van der Waals surface area contributed by atoms with Crippen LogP contribution < -0.4 is 9.47 Å². The summed E-state index contributed by atoms with van der Waals surface area (Å²) in [7, 11) is 0. The number of fused-ring (bicyclic) bond motifs is 1. The molecule has 1 amide bonds. The number of ether oxygens (including phenoxy) is 2. The third kappa shape index (κ3) is 2.79. The molecule has 2 aliphatic heterocycles. The van der Waals surface area contributed by atoms with Gasteiger partial charge in [0.1, 0.15) is 13.2 Å². The molecule has 1 aromatic carbocycles. The number of piperidine rings is 1. The molecule has 112 valence electrons. The van der Waals surface area contributed by atoms with E-state index in [0.717, 1.165) is 0 Å². The molecular weight excluding hydrogens is 274 g/mol. The molecule has 0 spiro atoms. The first kappa shape index (κ1) is 13.7. The Labute approximate surface area is 122 Å². The Kier molecular flexibility index (Phi) is 3.68. The number of aliphatic carboxylic acids is 1. The van der Waals surface area contributed by atoms with Gasteiger partial charge in [0.2, 0.25) is 0 Å². The Morgan fingerprint density at radius 1 is 1.19 bits per heavy atom. The molecule has 0 aromatic heterocycles. The fraction of sp³-hybridized carbons (Fsp3) is 0.467. The van der Waals surface area contributed by atoms with E-state index in [1.54, 1.807) is 23.1 Å². The highest BCUT2D eigenvalue weighted by Crippen LogP contribution is 2.31. The first-order valence-electron chi connectivity index (χ1n) is 7.07. The van der Waals surface area contributed by atoms with Gasteiger partial charge in [0, 0.05) is 18.7 Å². The summed E-state index contributed by atoms with van der Waals surface area (Å²) < 4.78 is 10.9. The van der Waals surface area contributed by atoms with Crippen molar-refractivity contribution in [3.8, 4) is 11.5 Å². The van der Waals surface area contributed by atoms with Crippen molar-refractivity contribution in [2.45, 2.75) is 12.8 Å². The molecule has 6 nitrogen and oxygen atoms in total. The van der Waals surface area contributed by atoms with Gasteiger partial charge in [0.25, 0.3) is 5.91 Å². The van der Waals surface area contributed by atoms with Crippen molar-refractivity contribution >= 4 is 11.9 Å². The minimum Gasteiger partial charge on any atom is -0.486 e. The molecule has 1 fully saturated rings. The molecule has 2 aliphatic rings. The molecule has 2 heterocycles. The number of carbonyl (C=O) groups excluding carboxylic acids is 1.